The molecule has 0 radical (unpaired) electrons. The fraction of sp³-hybridized carbons (Fsp3) is 0.857. The molecule has 0 amide bonds. The molecule has 0 aromatic carbocycles. The quantitative estimate of drug-likeness (QED) is 0.144. The second-order valence-electron chi connectivity index (χ2n) is 14.8. The highest BCUT2D eigenvalue weighted by Crippen LogP contribution is 2.67. The molecule has 0 saturated heterocycles. The van der Waals surface area contributed by atoms with Crippen LogP contribution in [0.25, 0.3) is 0 Å². The molecule has 0 heterocycles. The lowest BCUT2D eigenvalue weighted by molar-refractivity contribution is -0.151. The maximum Gasteiger partial charge on any atom is 0.306 e. The van der Waals surface area contributed by atoms with Crippen molar-refractivity contribution in [3.05, 3.63) is 23.8 Å². The van der Waals surface area contributed by atoms with Gasteiger partial charge in [-0.05, 0) is 105 Å². The molecular weight excluding hydrogens is 468 g/mol. The summed E-state index contributed by atoms with van der Waals surface area (Å²) >= 11 is 0. The minimum atomic E-state index is -0.0558. The first-order valence-electron chi connectivity index (χ1n) is 16.2. The maximum absolute atomic E-state index is 12.5. The summed E-state index contributed by atoms with van der Waals surface area (Å²) in [4.78, 5) is 12.5. The summed E-state index contributed by atoms with van der Waals surface area (Å²) in [6.45, 7) is 19.5. The van der Waals surface area contributed by atoms with Gasteiger partial charge in [-0.3, -0.25) is 4.79 Å². The Morgan fingerprint density at radius 3 is 2.58 bits per heavy atom. The third-order valence-corrected chi connectivity index (χ3v) is 11.6. The van der Waals surface area contributed by atoms with Crippen molar-refractivity contribution in [2.75, 3.05) is 13.2 Å². The summed E-state index contributed by atoms with van der Waals surface area (Å²) in [7, 11) is 0. The van der Waals surface area contributed by atoms with Gasteiger partial charge >= 0.3 is 5.97 Å². The van der Waals surface area contributed by atoms with Gasteiger partial charge in [0, 0.05) is 19.4 Å². The van der Waals surface area contributed by atoms with Gasteiger partial charge in [0.1, 0.15) is 6.10 Å². The molecule has 4 aliphatic carbocycles. The van der Waals surface area contributed by atoms with Crippen LogP contribution in [-0.2, 0) is 14.3 Å². The fourth-order valence-electron chi connectivity index (χ4n) is 9.56. The van der Waals surface area contributed by atoms with E-state index in [9.17, 15) is 4.79 Å². The number of esters is 1. The van der Waals surface area contributed by atoms with E-state index in [4.69, 9.17) is 9.47 Å². The number of carbonyl (C=O) groups is 1. The Bertz CT molecular complexity index is 857. The zero-order valence-corrected chi connectivity index (χ0v) is 25.7. The molecule has 3 saturated carbocycles. The molecule has 4 rings (SSSR count). The molecule has 4 aliphatic rings. The van der Waals surface area contributed by atoms with E-state index in [2.05, 4.69) is 47.3 Å². The van der Waals surface area contributed by atoms with Crippen LogP contribution in [0.2, 0.25) is 0 Å². The van der Waals surface area contributed by atoms with E-state index in [1.807, 2.05) is 6.92 Å². The molecule has 3 fully saturated rings. The number of carbonyl (C=O) groups excluding carboxylic acids is 1. The zero-order chi connectivity index (χ0) is 27.5. The predicted octanol–water partition coefficient (Wildman–Crippen LogP) is 9.31. The van der Waals surface area contributed by atoms with E-state index in [1.165, 1.54) is 57.8 Å². The second kappa shape index (κ2) is 12.6. The third kappa shape index (κ3) is 6.45. The Kier molecular flexibility index (Phi) is 9.92. The van der Waals surface area contributed by atoms with E-state index in [0.717, 1.165) is 60.3 Å². The first-order valence-corrected chi connectivity index (χ1v) is 16.2. The average molecular weight is 527 g/mol. The number of hydrogen-bond donors (Lipinski definition) is 0. The van der Waals surface area contributed by atoms with Crippen LogP contribution in [0.3, 0.4) is 0 Å². The Labute approximate surface area is 234 Å². The van der Waals surface area contributed by atoms with Crippen LogP contribution in [0, 0.1) is 46.3 Å². The summed E-state index contributed by atoms with van der Waals surface area (Å²) in [5, 5.41) is 0. The van der Waals surface area contributed by atoms with Crippen LogP contribution in [0.5, 0.6) is 0 Å². The Hall–Kier alpha value is -1.09. The Morgan fingerprint density at radius 1 is 1.05 bits per heavy atom. The second-order valence-corrected chi connectivity index (χ2v) is 14.8. The summed E-state index contributed by atoms with van der Waals surface area (Å²) < 4.78 is 11.5. The first kappa shape index (κ1) is 29.9. The first-order chi connectivity index (χ1) is 18.0. The molecule has 0 aromatic rings. The lowest BCUT2D eigenvalue weighted by Crippen LogP contribution is -2.51. The van der Waals surface area contributed by atoms with Gasteiger partial charge in [0.05, 0.1) is 6.61 Å². The molecule has 216 valence electrons. The lowest BCUT2D eigenvalue weighted by atomic mass is 9.47. The average Bonchev–Trinajstić information content (AvgIpc) is 3.21. The molecule has 38 heavy (non-hydrogen) atoms. The van der Waals surface area contributed by atoms with Crippen molar-refractivity contribution >= 4 is 5.97 Å². The molecular formula is C35H58O3. The lowest BCUT2D eigenvalue weighted by Gasteiger charge is -2.58. The van der Waals surface area contributed by atoms with E-state index in [1.54, 1.807) is 5.57 Å². The number of rotatable bonds is 12. The number of allylic oxidation sites excluding steroid dienone is 1. The number of hydrogen-bond acceptors (Lipinski definition) is 3. The smallest absolute Gasteiger partial charge is 0.306 e. The number of fused-ring (bicyclic) bond motifs is 5. The van der Waals surface area contributed by atoms with Crippen molar-refractivity contribution in [1.82, 2.24) is 0 Å². The van der Waals surface area contributed by atoms with E-state index >= 15 is 0 Å². The molecule has 8 atom stereocenters. The van der Waals surface area contributed by atoms with Crippen molar-refractivity contribution in [3.63, 3.8) is 0 Å². The van der Waals surface area contributed by atoms with Crippen LogP contribution in [0.1, 0.15) is 125 Å². The highest BCUT2D eigenvalue weighted by atomic mass is 16.5. The Balaban J connectivity index is 1.32. The van der Waals surface area contributed by atoms with E-state index in [-0.39, 0.29) is 12.1 Å². The van der Waals surface area contributed by atoms with Gasteiger partial charge in [0.15, 0.2) is 0 Å². The van der Waals surface area contributed by atoms with Crippen molar-refractivity contribution in [3.8, 4) is 0 Å². The molecule has 0 bridgehead atoms. The van der Waals surface area contributed by atoms with Gasteiger partial charge in [-0.15, -0.1) is 0 Å². The summed E-state index contributed by atoms with van der Waals surface area (Å²) in [5.41, 5.74) is 3.47. The predicted molar refractivity (Wildman–Crippen MR) is 158 cm³/mol. The molecule has 0 N–H and O–H groups in total. The molecule has 0 unspecified atom stereocenters. The van der Waals surface area contributed by atoms with E-state index < -0.39 is 0 Å². The topological polar surface area (TPSA) is 35.5 Å². The van der Waals surface area contributed by atoms with Gasteiger partial charge in [-0.25, -0.2) is 0 Å². The molecule has 0 aliphatic heterocycles. The standard InChI is InChI=1S/C35H58O3/c1-24(2)10-8-11-26(5)30-15-16-31-29-14-13-27-22-28(38-33(36)12-9-21-37-23-25(3)4)17-19-34(27,6)32(29)18-20-35(30,31)7/h13,24,26,28-32H,3,8-12,14-23H2,1-2,4-7H3/t26-,28+,29+,30-,31+,32+,34+,35-/m1/s1. The van der Waals surface area contributed by atoms with Crippen LogP contribution >= 0.6 is 0 Å². The van der Waals surface area contributed by atoms with Crippen LogP contribution < -0.4 is 0 Å². The van der Waals surface area contributed by atoms with Crippen LogP contribution in [0.4, 0.5) is 0 Å². The SMILES string of the molecule is C=C(C)COCCCC(=O)O[C@H]1CC[C@@]2(C)C(=CC[C@H]3[C@@H]4CC[C@H]([C@H](C)CCCC(C)C)[C@@]4(C)CC[C@@H]32)C1. The summed E-state index contributed by atoms with van der Waals surface area (Å²) in [6.07, 6.45) is 18.2. The van der Waals surface area contributed by atoms with Crippen LogP contribution in [0.15, 0.2) is 23.8 Å². The normalized spacial score (nSPS) is 37.1. The van der Waals surface area contributed by atoms with Gasteiger partial charge in [-0.2, -0.15) is 0 Å². The highest BCUT2D eigenvalue weighted by molar-refractivity contribution is 5.69. The molecule has 3 nitrogen and oxygen atoms in total. The highest BCUT2D eigenvalue weighted by Gasteiger charge is 2.59. The molecule has 3 heteroatoms. The Morgan fingerprint density at radius 2 is 1.84 bits per heavy atom. The maximum atomic E-state index is 12.5. The minimum absolute atomic E-state index is 0.0558. The van der Waals surface area contributed by atoms with Crippen molar-refractivity contribution < 1.29 is 14.3 Å². The summed E-state index contributed by atoms with van der Waals surface area (Å²) in [5.74, 6) is 5.13. The van der Waals surface area contributed by atoms with Gasteiger partial charge in [0.2, 0.25) is 0 Å². The zero-order valence-electron chi connectivity index (χ0n) is 25.7. The number of ether oxygens (including phenoxy) is 2. The third-order valence-electron chi connectivity index (χ3n) is 11.6. The van der Waals surface area contributed by atoms with Gasteiger partial charge in [0.25, 0.3) is 0 Å². The van der Waals surface area contributed by atoms with Crippen LogP contribution in [-0.4, -0.2) is 25.3 Å². The van der Waals surface area contributed by atoms with Gasteiger partial charge < -0.3 is 9.47 Å². The van der Waals surface area contributed by atoms with E-state index in [0.29, 0.717) is 30.5 Å². The van der Waals surface area contributed by atoms with Crippen molar-refractivity contribution in [2.45, 2.75) is 131 Å². The minimum Gasteiger partial charge on any atom is -0.462 e. The van der Waals surface area contributed by atoms with Gasteiger partial charge in [-0.1, -0.05) is 77.7 Å². The fourth-order valence-corrected chi connectivity index (χ4v) is 9.56. The molecule has 0 aromatic heterocycles. The monoisotopic (exact) mass is 526 g/mol. The largest absolute Gasteiger partial charge is 0.462 e. The van der Waals surface area contributed by atoms with Crippen molar-refractivity contribution in [2.24, 2.45) is 46.3 Å². The molecule has 0 spiro atoms. The van der Waals surface area contributed by atoms with Crippen molar-refractivity contribution in [1.29, 1.82) is 0 Å². The summed E-state index contributed by atoms with van der Waals surface area (Å²) in [6, 6.07) is 0.